The zero-order chi connectivity index (χ0) is 17.2. The molecule has 25 heavy (non-hydrogen) atoms. The Hall–Kier alpha value is -2.85. The van der Waals surface area contributed by atoms with Gasteiger partial charge >= 0.3 is 0 Å². The van der Waals surface area contributed by atoms with Crippen LogP contribution in [0.15, 0.2) is 72.0 Å². The van der Waals surface area contributed by atoms with Crippen molar-refractivity contribution in [1.82, 2.24) is 10.3 Å². The molecule has 4 nitrogen and oxygen atoms in total. The Morgan fingerprint density at radius 3 is 2.76 bits per heavy atom. The molecular weight excluding hydrogens is 332 g/mol. The lowest BCUT2D eigenvalue weighted by Crippen LogP contribution is -2.25. The number of fused-ring (bicyclic) bond motifs is 2. The van der Waals surface area contributed by atoms with Crippen molar-refractivity contribution in [2.45, 2.75) is 6.54 Å². The number of rotatable bonds is 2. The molecule has 0 unspecified atom stereocenters. The Morgan fingerprint density at radius 1 is 1.04 bits per heavy atom. The zero-order valence-corrected chi connectivity index (χ0v) is 14.5. The van der Waals surface area contributed by atoms with Crippen molar-refractivity contribution in [1.29, 1.82) is 0 Å². The first-order valence-electron chi connectivity index (χ1n) is 8.06. The van der Waals surface area contributed by atoms with E-state index in [2.05, 4.69) is 27.3 Å². The highest BCUT2D eigenvalue weighted by Crippen LogP contribution is 2.39. The van der Waals surface area contributed by atoms with Crippen LogP contribution in [-0.4, -0.2) is 17.9 Å². The molecule has 1 aliphatic heterocycles. The first-order chi connectivity index (χ1) is 12.2. The maximum atomic E-state index is 6.19. The van der Waals surface area contributed by atoms with Gasteiger partial charge in [0, 0.05) is 36.6 Å². The minimum absolute atomic E-state index is 0.653. The number of halogens is 1. The van der Waals surface area contributed by atoms with Crippen LogP contribution in [0.5, 0.6) is 0 Å². The summed E-state index contributed by atoms with van der Waals surface area (Å²) in [7, 11) is 2.05. The Labute approximate surface area is 151 Å². The molecule has 0 saturated carbocycles. The number of hydrogen-bond acceptors (Lipinski definition) is 4. The van der Waals surface area contributed by atoms with Crippen molar-refractivity contribution >= 4 is 34.5 Å². The lowest BCUT2D eigenvalue weighted by atomic mass is 10.1. The van der Waals surface area contributed by atoms with Crippen molar-refractivity contribution in [3.05, 3.63) is 83.1 Å². The molecule has 3 aromatic rings. The fraction of sp³-hybridized carbons (Fsp3) is 0.100. The molecule has 0 atom stereocenters. The van der Waals surface area contributed by atoms with Crippen molar-refractivity contribution < 1.29 is 0 Å². The van der Waals surface area contributed by atoms with Crippen LogP contribution in [0.2, 0.25) is 5.02 Å². The van der Waals surface area contributed by atoms with E-state index < -0.39 is 0 Å². The fourth-order valence-corrected chi connectivity index (χ4v) is 3.14. The summed E-state index contributed by atoms with van der Waals surface area (Å²) < 4.78 is 0. The quantitative estimate of drug-likeness (QED) is 0.730. The molecule has 0 radical (unpaired) electrons. The number of pyridine rings is 1. The van der Waals surface area contributed by atoms with Gasteiger partial charge in [-0.25, -0.2) is 4.99 Å². The molecule has 4 rings (SSSR count). The fourth-order valence-electron chi connectivity index (χ4n) is 2.97. The van der Waals surface area contributed by atoms with Gasteiger partial charge in [-0.1, -0.05) is 29.8 Å². The number of aliphatic imine (C=N–C) groups is 1. The molecule has 2 heterocycles. The largest absolute Gasteiger partial charge is 0.365 e. The van der Waals surface area contributed by atoms with E-state index in [1.165, 1.54) is 0 Å². The van der Waals surface area contributed by atoms with E-state index >= 15 is 0 Å². The number of aromatic nitrogens is 1. The third-order valence-electron chi connectivity index (χ3n) is 4.23. The summed E-state index contributed by atoms with van der Waals surface area (Å²) in [6.07, 6.45) is 3.63. The number of hydrogen-bond donors (Lipinski definition) is 1. The average molecular weight is 349 g/mol. The van der Waals surface area contributed by atoms with E-state index in [-0.39, 0.29) is 0 Å². The van der Waals surface area contributed by atoms with Gasteiger partial charge in [0.2, 0.25) is 0 Å². The molecule has 124 valence electrons. The highest BCUT2D eigenvalue weighted by atomic mass is 35.5. The van der Waals surface area contributed by atoms with Crippen LogP contribution in [0.25, 0.3) is 0 Å². The molecule has 1 aliphatic rings. The number of amidine groups is 1. The summed E-state index contributed by atoms with van der Waals surface area (Å²) in [6.45, 7) is 0.653. The summed E-state index contributed by atoms with van der Waals surface area (Å²) >= 11 is 6.19. The maximum Gasteiger partial charge on any atom is 0.136 e. The molecule has 1 aromatic heterocycles. The SMILES string of the molecule is CN1c2ccc(Cl)cc2N=C(NCc2cccnc2)c2ccccc21. The smallest absolute Gasteiger partial charge is 0.136 e. The second kappa shape index (κ2) is 6.57. The topological polar surface area (TPSA) is 40.5 Å². The zero-order valence-electron chi connectivity index (χ0n) is 13.8. The van der Waals surface area contributed by atoms with Gasteiger partial charge in [0.15, 0.2) is 0 Å². The van der Waals surface area contributed by atoms with E-state index in [0.717, 1.165) is 34.0 Å². The minimum Gasteiger partial charge on any atom is -0.365 e. The van der Waals surface area contributed by atoms with Gasteiger partial charge in [0.25, 0.3) is 0 Å². The number of nitrogens with zero attached hydrogens (tertiary/aromatic N) is 3. The van der Waals surface area contributed by atoms with Crippen LogP contribution in [0.1, 0.15) is 11.1 Å². The Bertz CT molecular complexity index is 937. The van der Waals surface area contributed by atoms with Gasteiger partial charge in [-0.05, 0) is 42.0 Å². The van der Waals surface area contributed by atoms with Crippen molar-refractivity contribution in [2.24, 2.45) is 4.99 Å². The molecular formula is C20H17ClN4. The standard InChI is InChI=1S/C20H17ClN4/c1-25-18-7-3-2-6-16(18)20(23-13-14-5-4-10-22-12-14)24-17-11-15(21)8-9-19(17)25/h2-12H,13H2,1H3,(H,23,24). The van der Waals surface area contributed by atoms with E-state index in [0.29, 0.717) is 11.6 Å². The molecule has 2 aromatic carbocycles. The maximum absolute atomic E-state index is 6.19. The van der Waals surface area contributed by atoms with Crippen LogP contribution in [0.4, 0.5) is 17.1 Å². The second-order valence-electron chi connectivity index (χ2n) is 5.88. The normalized spacial score (nSPS) is 12.7. The molecule has 0 fully saturated rings. The number of nitrogens with one attached hydrogen (secondary N) is 1. The van der Waals surface area contributed by atoms with Crippen molar-refractivity contribution in [2.75, 3.05) is 11.9 Å². The molecule has 0 aliphatic carbocycles. The van der Waals surface area contributed by atoms with E-state index in [1.807, 2.05) is 55.7 Å². The molecule has 0 saturated heterocycles. The molecule has 5 heteroatoms. The van der Waals surface area contributed by atoms with Crippen LogP contribution in [-0.2, 0) is 6.54 Å². The molecule has 1 N–H and O–H groups in total. The van der Waals surface area contributed by atoms with E-state index in [1.54, 1.807) is 6.20 Å². The van der Waals surface area contributed by atoms with Gasteiger partial charge in [0.05, 0.1) is 17.1 Å². The first kappa shape index (κ1) is 15.7. The number of anilines is 2. The van der Waals surface area contributed by atoms with Gasteiger partial charge in [-0.2, -0.15) is 0 Å². The van der Waals surface area contributed by atoms with Crippen LogP contribution in [0.3, 0.4) is 0 Å². The summed E-state index contributed by atoms with van der Waals surface area (Å²) in [4.78, 5) is 11.2. The lowest BCUT2D eigenvalue weighted by Gasteiger charge is -2.21. The van der Waals surface area contributed by atoms with Crippen LogP contribution in [0, 0.1) is 0 Å². The van der Waals surface area contributed by atoms with E-state index in [4.69, 9.17) is 16.6 Å². The van der Waals surface area contributed by atoms with Gasteiger partial charge in [-0.3, -0.25) is 4.98 Å². The summed E-state index contributed by atoms with van der Waals surface area (Å²) in [6, 6.07) is 18.0. The highest BCUT2D eigenvalue weighted by molar-refractivity contribution is 6.31. The number of benzene rings is 2. The number of para-hydroxylation sites is 1. The Kier molecular flexibility index (Phi) is 4.12. The Morgan fingerprint density at radius 2 is 1.92 bits per heavy atom. The van der Waals surface area contributed by atoms with Crippen LogP contribution < -0.4 is 10.2 Å². The summed E-state index contributed by atoms with van der Waals surface area (Å²) in [5, 5.41) is 4.13. The molecule has 0 bridgehead atoms. The van der Waals surface area contributed by atoms with E-state index in [9.17, 15) is 0 Å². The summed E-state index contributed by atoms with van der Waals surface area (Å²) in [5.41, 5.74) is 5.13. The van der Waals surface area contributed by atoms with Gasteiger partial charge < -0.3 is 10.2 Å². The van der Waals surface area contributed by atoms with Crippen molar-refractivity contribution in [3.63, 3.8) is 0 Å². The minimum atomic E-state index is 0.653. The summed E-state index contributed by atoms with van der Waals surface area (Å²) in [5.74, 6) is 0.826. The van der Waals surface area contributed by atoms with Gasteiger partial charge in [0.1, 0.15) is 5.84 Å². The molecule has 0 amide bonds. The molecule has 0 spiro atoms. The van der Waals surface area contributed by atoms with Crippen LogP contribution >= 0.6 is 11.6 Å². The van der Waals surface area contributed by atoms with Crippen molar-refractivity contribution in [3.8, 4) is 0 Å². The predicted octanol–water partition coefficient (Wildman–Crippen LogP) is 4.68. The third kappa shape index (κ3) is 3.08. The third-order valence-corrected chi connectivity index (χ3v) is 4.47. The van der Waals surface area contributed by atoms with Gasteiger partial charge in [-0.15, -0.1) is 0 Å². The predicted molar refractivity (Wildman–Crippen MR) is 103 cm³/mol. The highest BCUT2D eigenvalue weighted by Gasteiger charge is 2.20. The monoisotopic (exact) mass is 348 g/mol. The average Bonchev–Trinajstić information content (AvgIpc) is 2.76. The second-order valence-corrected chi connectivity index (χ2v) is 6.32. The lowest BCUT2D eigenvalue weighted by molar-refractivity contribution is 0.906. The first-order valence-corrected chi connectivity index (χ1v) is 8.44. The Balaban J connectivity index is 1.78.